The molecule has 1 aliphatic rings. The van der Waals surface area contributed by atoms with E-state index in [9.17, 15) is 9.59 Å². The molecule has 0 spiro atoms. The Labute approximate surface area is 110 Å². The first kappa shape index (κ1) is 13.4. The molecule has 0 saturated heterocycles. The van der Waals surface area contributed by atoms with Gasteiger partial charge in [0.25, 0.3) is 5.91 Å². The van der Waals surface area contributed by atoms with E-state index in [0.717, 1.165) is 30.6 Å². The monoisotopic (exact) mass is 264 g/mol. The van der Waals surface area contributed by atoms with E-state index in [0.29, 0.717) is 5.56 Å². The molecule has 0 saturated carbocycles. The van der Waals surface area contributed by atoms with Gasteiger partial charge in [0.2, 0.25) is 0 Å². The Morgan fingerprint density at radius 2 is 2.21 bits per heavy atom. The highest BCUT2D eigenvalue weighted by Gasteiger charge is 2.19. The summed E-state index contributed by atoms with van der Waals surface area (Å²) in [6, 6.07) is 5.39. The molecular formula is C13H16N2O4. The zero-order valence-corrected chi connectivity index (χ0v) is 10.3. The predicted molar refractivity (Wildman–Crippen MR) is 69.2 cm³/mol. The highest BCUT2D eigenvalue weighted by molar-refractivity contribution is 5.97. The van der Waals surface area contributed by atoms with Crippen LogP contribution >= 0.6 is 0 Å². The Morgan fingerprint density at radius 3 is 2.95 bits per heavy atom. The van der Waals surface area contributed by atoms with Crippen molar-refractivity contribution in [2.45, 2.75) is 18.9 Å². The van der Waals surface area contributed by atoms with Crippen LogP contribution in [0.4, 0.5) is 5.69 Å². The maximum Gasteiger partial charge on any atom is 0.334 e. The second-order valence-electron chi connectivity index (χ2n) is 4.43. The fourth-order valence-corrected chi connectivity index (χ4v) is 2.09. The van der Waals surface area contributed by atoms with Gasteiger partial charge in [0, 0.05) is 17.8 Å². The summed E-state index contributed by atoms with van der Waals surface area (Å²) >= 11 is 0. The number of fused-ring (bicyclic) bond motifs is 1. The third-order valence-corrected chi connectivity index (χ3v) is 3.08. The van der Waals surface area contributed by atoms with Crippen LogP contribution in [-0.2, 0) is 11.2 Å². The average Bonchev–Trinajstić information content (AvgIpc) is 2.43. The summed E-state index contributed by atoms with van der Waals surface area (Å²) in [5.41, 5.74) is 2.41. The lowest BCUT2D eigenvalue weighted by Crippen LogP contribution is -2.37. The minimum atomic E-state index is -1.58. The SMILES string of the molecule is O=C(NCC(O)C(=O)O)c1cccc2c1CCCN2. The van der Waals surface area contributed by atoms with Gasteiger partial charge in [-0.25, -0.2) is 4.79 Å². The van der Waals surface area contributed by atoms with Gasteiger partial charge in [-0.05, 0) is 30.5 Å². The number of carbonyl (C=O) groups is 2. The molecule has 1 unspecified atom stereocenters. The summed E-state index contributed by atoms with van der Waals surface area (Å²) in [6.07, 6.45) is 0.184. The molecular weight excluding hydrogens is 248 g/mol. The lowest BCUT2D eigenvalue weighted by atomic mass is 9.97. The molecule has 4 N–H and O–H groups in total. The molecule has 1 aromatic rings. The van der Waals surface area contributed by atoms with Crippen molar-refractivity contribution in [2.75, 3.05) is 18.4 Å². The minimum absolute atomic E-state index is 0.300. The molecule has 1 heterocycles. The number of benzene rings is 1. The number of carbonyl (C=O) groups excluding carboxylic acids is 1. The van der Waals surface area contributed by atoms with Gasteiger partial charge in [-0.15, -0.1) is 0 Å². The molecule has 0 radical (unpaired) electrons. The normalized spacial score (nSPS) is 15.0. The molecule has 102 valence electrons. The molecule has 0 fully saturated rings. The molecule has 6 heteroatoms. The van der Waals surface area contributed by atoms with Crippen LogP contribution in [-0.4, -0.2) is 41.3 Å². The number of amides is 1. The molecule has 1 amide bonds. The Bertz CT molecular complexity index is 501. The minimum Gasteiger partial charge on any atom is -0.479 e. The van der Waals surface area contributed by atoms with Crippen molar-refractivity contribution in [3.05, 3.63) is 29.3 Å². The predicted octanol–water partition coefficient (Wildman–Crippen LogP) is 0.220. The molecule has 1 atom stereocenters. The van der Waals surface area contributed by atoms with Gasteiger partial charge < -0.3 is 20.8 Å². The maximum absolute atomic E-state index is 12.0. The molecule has 0 aliphatic carbocycles. The molecule has 1 aromatic carbocycles. The van der Waals surface area contributed by atoms with Crippen molar-refractivity contribution in [1.29, 1.82) is 0 Å². The van der Waals surface area contributed by atoms with Gasteiger partial charge in [0.05, 0.1) is 6.54 Å². The van der Waals surface area contributed by atoms with E-state index in [1.807, 2.05) is 6.07 Å². The number of hydrogen-bond acceptors (Lipinski definition) is 4. The molecule has 1 aliphatic heterocycles. The number of carboxylic acids is 1. The zero-order chi connectivity index (χ0) is 13.8. The highest BCUT2D eigenvalue weighted by Crippen LogP contribution is 2.25. The van der Waals surface area contributed by atoms with E-state index in [1.165, 1.54) is 0 Å². The van der Waals surface area contributed by atoms with Crippen molar-refractivity contribution < 1.29 is 19.8 Å². The van der Waals surface area contributed by atoms with E-state index in [-0.39, 0.29) is 12.5 Å². The van der Waals surface area contributed by atoms with Crippen LogP contribution in [0.2, 0.25) is 0 Å². The summed E-state index contributed by atoms with van der Waals surface area (Å²) in [5.74, 6) is -1.71. The van der Waals surface area contributed by atoms with Gasteiger partial charge in [-0.2, -0.15) is 0 Å². The number of aliphatic hydroxyl groups is 1. The summed E-state index contributed by atoms with van der Waals surface area (Å²) < 4.78 is 0. The number of rotatable bonds is 4. The smallest absolute Gasteiger partial charge is 0.334 e. The topological polar surface area (TPSA) is 98.7 Å². The fourth-order valence-electron chi connectivity index (χ4n) is 2.09. The maximum atomic E-state index is 12.0. The molecule has 2 rings (SSSR count). The fraction of sp³-hybridized carbons (Fsp3) is 0.385. The number of carboxylic acid groups (broad SMARTS) is 1. The lowest BCUT2D eigenvalue weighted by molar-refractivity contribution is -0.146. The van der Waals surface area contributed by atoms with Gasteiger partial charge in [-0.3, -0.25) is 4.79 Å². The van der Waals surface area contributed by atoms with Crippen molar-refractivity contribution in [3.8, 4) is 0 Å². The van der Waals surface area contributed by atoms with Crippen LogP contribution in [0.25, 0.3) is 0 Å². The number of hydrogen-bond donors (Lipinski definition) is 4. The van der Waals surface area contributed by atoms with Gasteiger partial charge in [-0.1, -0.05) is 6.07 Å². The van der Waals surface area contributed by atoms with Crippen LogP contribution < -0.4 is 10.6 Å². The molecule has 6 nitrogen and oxygen atoms in total. The average molecular weight is 264 g/mol. The molecule has 0 aromatic heterocycles. The van der Waals surface area contributed by atoms with Gasteiger partial charge >= 0.3 is 5.97 Å². The van der Waals surface area contributed by atoms with Gasteiger partial charge in [0.15, 0.2) is 6.10 Å². The van der Waals surface area contributed by atoms with E-state index in [4.69, 9.17) is 10.2 Å². The highest BCUT2D eigenvalue weighted by atomic mass is 16.4. The van der Waals surface area contributed by atoms with Crippen molar-refractivity contribution in [1.82, 2.24) is 5.32 Å². The van der Waals surface area contributed by atoms with Crippen LogP contribution in [0.3, 0.4) is 0 Å². The van der Waals surface area contributed by atoms with E-state index < -0.39 is 12.1 Å². The number of aliphatic carboxylic acids is 1. The first-order valence-electron chi connectivity index (χ1n) is 6.14. The van der Waals surface area contributed by atoms with Crippen molar-refractivity contribution >= 4 is 17.6 Å². The summed E-state index contributed by atoms with van der Waals surface area (Å²) in [5, 5.41) is 23.3. The molecule has 19 heavy (non-hydrogen) atoms. The van der Waals surface area contributed by atoms with E-state index in [2.05, 4.69) is 10.6 Å². The Kier molecular flexibility index (Phi) is 4.01. The number of nitrogens with one attached hydrogen (secondary N) is 2. The second kappa shape index (κ2) is 5.71. The third kappa shape index (κ3) is 3.03. The standard InChI is InChI=1S/C13H16N2O4/c16-11(13(18)19)7-15-12(17)9-3-1-5-10-8(9)4-2-6-14-10/h1,3,5,11,14,16H,2,4,6-7H2,(H,15,17)(H,18,19). The van der Waals surface area contributed by atoms with Crippen LogP contribution in [0.1, 0.15) is 22.3 Å². The zero-order valence-electron chi connectivity index (χ0n) is 10.3. The Balaban J connectivity index is 2.09. The van der Waals surface area contributed by atoms with Crippen LogP contribution in [0.15, 0.2) is 18.2 Å². The van der Waals surface area contributed by atoms with Crippen LogP contribution in [0.5, 0.6) is 0 Å². The summed E-state index contributed by atoms with van der Waals surface area (Å²) in [4.78, 5) is 22.5. The quantitative estimate of drug-likeness (QED) is 0.623. The number of anilines is 1. The third-order valence-electron chi connectivity index (χ3n) is 3.08. The molecule has 0 bridgehead atoms. The van der Waals surface area contributed by atoms with Gasteiger partial charge in [0.1, 0.15) is 0 Å². The summed E-state index contributed by atoms with van der Waals surface area (Å²) in [6.45, 7) is 0.584. The largest absolute Gasteiger partial charge is 0.479 e. The van der Waals surface area contributed by atoms with Crippen LogP contribution in [0, 0.1) is 0 Å². The van der Waals surface area contributed by atoms with Crippen molar-refractivity contribution in [3.63, 3.8) is 0 Å². The first-order valence-corrected chi connectivity index (χ1v) is 6.14. The Morgan fingerprint density at radius 1 is 1.42 bits per heavy atom. The summed E-state index contributed by atoms with van der Waals surface area (Å²) in [7, 11) is 0. The van der Waals surface area contributed by atoms with E-state index >= 15 is 0 Å². The first-order chi connectivity index (χ1) is 9.09. The van der Waals surface area contributed by atoms with E-state index in [1.54, 1.807) is 12.1 Å². The van der Waals surface area contributed by atoms with Crippen molar-refractivity contribution in [2.24, 2.45) is 0 Å². The second-order valence-corrected chi connectivity index (χ2v) is 4.43. The lowest BCUT2D eigenvalue weighted by Gasteiger charge is -2.20. The Hall–Kier alpha value is -2.08. The number of aliphatic hydroxyl groups excluding tert-OH is 1.